The molecule has 114 valence electrons. The highest BCUT2D eigenvalue weighted by Crippen LogP contribution is 2.21. The lowest BCUT2D eigenvalue weighted by molar-refractivity contribution is -0.919. The van der Waals surface area contributed by atoms with Gasteiger partial charge in [-0.05, 0) is 5.92 Å². The molecule has 21 heavy (non-hydrogen) atoms. The minimum absolute atomic E-state index is 0. The zero-order valence-electron chi connectivity index (χ0n) is 12.2. The Hall–Kier alpha value is -1.57. The molecule has 0 aliphatic carbocycles. The van der Waals surface area contributed by atoms with Gasteiger partial charge in [-0.3, -0.25) is 4.79 Å². The average Bonchev–Trinajstić information content (AvgIpc) is 2.50. The van der Waals surface area contributed by atoms with E-state index in [2.05, 4.69) is 30.3 Å². The Morgan fingerprint density at radius 3 is 2.52 bits per heavy atom. The molecule has 0 aromatic heterocycles. The van der Waals surface area contributed by atoms with E-state index in [1.165, 1.54) is 17.6 Å². The third-order valence-corrected chi connectivity index (χ3v) is 4.10. The molecular weight excluding hydrogens is 288 g/mol. The van der Waals surface area contributed by atoms with Crippen molar-refractivity contribution in [1.29, 1.82) is 5.26 Å². The Balaban J connectivity index is 0.00000220. The Bertz CT molecular complexity index is 479. The fourth-order valence-corrected chi connectivity index (χ4v) is 2.92. The second-order valence-electron chi connectivity index (χ2n) is 5.38. The van der Waals surface area contributed by atoms with Crippen LogP contribution in [0.4, 0.5) is 0 Å². The summed E-state index contributed by atoms with van der Waals surface area (Å²) < 4.78 is 4.71. The molecular formula is C16H21ClN2O2. The molecule has 1 atom stereocenters. The number of nitrogens with one attached hydrogen (secondary N) is 1. The summed E-state index contributed by atoms with van der Waals surface area (Å²) in [5.41, 5.74) is 1.34. The number of nitrogens with zero attached hydrogens (tertiary/aromatic N) is 1. The molecule has 1 heterocycles. The lowest BCUT2D eigenvalue weighted by Crippen LogP contribution is -3.11. The van der Waals surface area contributed by atoms with E-state index in [1.54, 1.807) is 0 Å². The van der Waals surface area contributed by atoms with Crippen molar-refractivity contribution in [1.82, 2.24) is 0 Å². The molecule has 1 aliphatic heterocycles. The fourth-order valence-electron chi connectivity index (χ4n) is 2.92. The predicted molar refractivity (Wildman–Crippen MR) is 74.7 cm³/mol. The molecule has 1 aromatic carbocycles. The number of rotatable bonds is 4. The minimum atomic E-state index is -0.599. The van der Waals surface area contributed by atoms with E-state index in [4.69, 9.17) is 10.00 Å². The van der Waals surface area contributed by atoms with Gasteiger partial charge in [0.2, 0.25) is 0 Å². The van der Waals surface area contributed by atoms with Crippen LogP contribution in [0.3, 0.4) is 0 Å². The Morgan fingerprint density at radius 2 is 2.00 bits per heavy atom. The van der Waals surface area contributed by atoms with Gasteiger partial charge in [0.15, 0.2) is 0 Å². The molecule has 4 nitrogen and oxygen atoms in total. The summed E-state index contributed by atoms with van der Waals surface area (Å²) in [6.07, 6.45) is 1.82. The van der Waals surface area contributed by atoms with Crippen LogP contribution in [-0.2, 0) is 16.1 Å². The number of halogens is 1. The van der Waals surface area contributed by atoms with Gasteiger partial charge in [0.25, 0.3) is 0 Å². The van der Waals surface area contributed by atoms with Crippen LogP contribution in [0.5, 0.6) is 0 Å². The number of esters is 1. The number of benzene rings is 1. The predicted octanol–water partition coefficient (Wildman–Crippen LogP) is -2.20. The maximum atomic E-state index is 11.6. The van der Waals surface area contributed by atoms with E-state index in [-0.39, 0.29) is 24.3 Å². The van der Waals surface area contributed by atoms with Crippen LogP contribution in [0.1, 0.15) is 18.4 Å². The molecule has 0 amide bonds. The van der Waals surface area contributed by atoms with Gasteiger partial charge in [-0.2, -0.15) is 5.26 Å². The molecule has 1 fully saturated rings. The quantitative estimate of drug-likeness (QED) is 0.642. The van der Waals surface area contributed by atoms with E-state index in [9.17, 15) is 4.79 Å². The summed E-state index contributed by atoms with van der Waals surface area (Å²) in [6.45, 7) is 3.03. The van der Waals surface area contributed by atoms with Gasteiger partial charge in [0.1, 0.15) is 12.5 Å². The van der Waals surface area contributed by atoms with Crippen LogP contribution in [0.25, 0.3) is 0 Å². The largest absolute Gasteiger partial charge is 1.00 e. The van der Waals surface area contributed by atoms with Crippen molar-refractivity contribution in [3.8, 4) is 6.07 Å². The van der Waals surface area contributed by atoms with Gasteiger partial charge < -0.3 is 22.0 Å². The number of hydrogen-bond acceptors (Lipinski definition) is 3. The molecule has 1 saturated heterocycles. The highest BCUT2D eigenvalue weighted by atomic mass is 35.5. The maximum Gasteiger partial charge on any atom is 0.323 e. The van der Waals surface area contributed by atoms with E-state index in [0.29, 0.717) is 0 Å². The Labute approximate surface area is 132 Å². The monoisotopic (exact) mass is 308 g/mol. The molecule has 1 N–H and O–H groups in total. The molecule has 1 aliphatic rings. The van der Waals surface area contributed by atoms with Crippen molar-refractivity contribution >= 4 is 5.97 Å². The Kier molecular flexibility index (Phi) is 7.21. The van der Waals surface area contributed by atoms with Crippen molar-refractivity contribution in [2.45, 2.75) is 19.4 Å². The SMILES string of the molecule is COC(=O)C(C#N)C1CC[NH+](Cc2ccccc2)CC1.[Cl-]. The van der Waals surface area contributed by atoms with Crippen molar-refractivity contribution in [2.75, 3.05) is 20.2 Å². The van der Waals surface area contributed by atoms with Crippen molar-refractivity contribution in [3.63, 3.8) is 0 Å². The first kappa shape index (κ1) is 17.5. The van der Waals surface area contributed by atoms with Crippen LogP contribution >= 0.6 is 0 Å². The summed E-state index contributed by atoms with van der Waals surface area (Å²) in [5.74, 6) is -0.839. The van der Waals surface area contributed by atoms with E-state index in [0.717, 1.165) is 32.5 Å². The topological polar surface area (TPSA) is 54.5 Å². The second kappa shape index (κ2) is 8.66. The van der Waals surface area contributed by atoms with E-state index < -0.39 is 5.92 Å². The van der Waals surface area contributed by atoms with E-state index in [1.807, 2.05) is 6.07 Å². The first-order valence-corrected chi connectivity index (χ1v) is 7.09. The Morgan fingerprint density at radius 1 is 1.38 bits per heavy atom. The highest BCUT2D eigenvalue weighted by Gasteiger charge is 2.33. The van der Waals surface area contributed by atoms with Crippen LogP contribution < -0.4 is 17.3 Å². The summed E-state index contributed by atoms with van der Waals surface area (Å²) in [5, 5.41) is 9.12. The van der Waals surface area contributed by atoms with Crippen molar-refractivity contribution in [3.05, 3.63) is 35.9 Å². The van der Waals surface area contributed by atoms with Gasteiger partial charge in [-0.1, -0.05) is 30.3 Å². The number of likely N-dealkylation sites (tertiary alicyclic amines) is 1. The number of ether oxygens (including phenoxy) is 1. The summed E-state index contributed by atoms with van der Waals surface area (Å²) in [4.78, 5) is 13.1. The summed E-state index contributed by atoms with van der Waals surface area (Å²) in [7, 11) is 1.35. The van der Waals surface area contributed by atoms with E-state index >= 15 is 0 Å². The number of methoxy groups -OCH3 is 1. The first-order valence-electron chi connectivity index (χ1n) is 7.09. The van der Waals surface area contributed by atoms with Gasteiger partial charge >= 0.3 is 5.97 Å². The third kappa shape index (κ3) is 4.73. The fraction of sp³-hybridized carbons (Fsp3) is 0.500. The first-order chi connectivity index (χ1) is 9.74. The molecule has 0 bridgehead atoms. The molecule has 0 saturated carbocycles. The van der Waals surface area contributed by atoms with Gasteiger partial charge in [0, 0.05) is 18.4 Å². The highest BCUT2D eigenvalue weighted by molar-refractivity contribution is 5.75. The van der Waals surface area contributed by atoms with Crippen LogP contribution in [0, 0.1) is 23.2 Å². The molecule has 1 unspecified atom stereocenters. The van der Waals surface area contributed by atoms with Gasteiger partial charge in [-0.15, -0.1) is 0 Å². The summed E-state index contributed by atoms with van der Waals surface area (Å²) in [6, 6.07) is 12.5. The number of carbonyl (C=O) groups excluding carboxylic acids is 1. The van der Waals surface area contributed by atoms with Crippen molar-refractivity contribution < 1.29 is 26.8 Å². The number of nitriles is 1. The molecule has 2 rings (SSSR count). The smallest absolute Gasteiger partial charge is 0.323 e. The molecule has 0 radical (unpaired) electrons. The number of quaternary nitrogens is 1. The lowest BCUT2D eigenvalue weighted by atomic mass is 9.85. The molecule has 1 aromatic rings. The van der Waals surface area contributed by atoms with Crippen molar-refractivity contribution in [2.24, 2.45) is 11.8 Å². The second-order valence-corrected chi connectivity index (χ2v) is 5.38. The number of piperidine rings is 1. The zero-order chi connectivity index (χ0) is 14.4. The normalized spacial score (nSPS) is 22.5. The average molecular weight is 309 g/mol. The zero-order valence-corrected chi connectivity index (χ0v) is 13.0. The lowest BCUT2D eigenvalue weighted by Gasteiger charge is -2.30. The number of hydrogen-bond donors (Lipinski definition) is 1. The van der Waals surface area contributed by atoms with Gasteiger partial charge in [0.05, 0.1) is 26.3 Å². The van der Waals surface area contributed by atoms with Gasteiger partial charge in [-0.25, -0.2) is 0 Å². The summed E-state index contributed by atoms with van der Waals surface area (Å²) >= 11 is 0. The molecule has 0 spiro atoms. The standard InChI is InChI=1S/C16H20N2O2.ClH/c1-20-16(19)15(11-17)14-7-9-18(10-8-14)12-13-5-3-2-4-6-13;/h2-6,14-15H,7-10,12H2,1H3;1H. The minimum Gasteiger partial charge on any atom is -1.00 e. The van der Waals surface area contributed by atoms with Crippen LogP contribution in [0.2, 0.25) is 0 Å². The van der Waals surface area contributed by atoms with Crippen LogP contribution in [-0.4, -0.2) is 26.2 Å². The maximum absolute atomic E-state index is 11.6. The third-order valence-electron chi connectivity index (χ3n) is 4.10. The van der Waals surface area contributed by atoms with Crippen LogP contribution in [0.15, 0.2) is 30.3 Å². The number of carbonyl (C=O) groups is 1. The molecule has 5 heteroatoms.